The fourth-order valence-electron chi connectivity index (χ4n) is 4.00. The molecule has 0 bridgehead atoms. The van der Waals surface area contributed by atoms with Crippen LogP contribution in [0.4, 0.5) is 0 Å². The maximum absolute atomic E-state index is 13.4. The average molecular weight is 419 g/mol. The van der Waals surface area contributed by atoms with E-state index in [2.05, 4.69) is 42.1 Å². The van der Waals surface area contributed by atoms with Crippen LogP contribution in [0.15, 0.2) is 108 Å². The molecule has 0 saturated heterocycles. The topological polar surface area (TPSA) is 62.5 Å². The van der Waals surface area contributed by atoms with Crippen LogP contribution in [0.5, 0.6) is 0 Å². The number of fused-ring (bicyclic) bond motifs is 1. The number of nitrogens with zero attached hydrogens (tertiary/aromatic N) is 2. The van der Waals surface area contributed by atoms with Gasteiger partial charge >= 0.3 is 0 Å². The third-order valence-electron chi connectivity index (χ3n) is 5.75. The van der Waals surface area contributed by atoms with Gasteiger partial charge in [-0.05, 0) is 23.3 Å². The van der Waals surface area contributed by atoms with Crippen molar-refractivity contribution in [2.24, 2.45) is 0 Å². The van der Waals surface area contributed by atoms with E-state index in [4.69, 9.17) is 4.98 Å². The molecule has 0 amide bonds. The van der Waals surface area contributed by atoms with Gasteiger partial charge in [0.15, 0.2) is 0 Å². The molecule has 32 heavy (non-hydrogen) atoms. The molecule has 0 unspecified atom stereocenters. The fourth-order valence-corrected chi connectivity index (χ4v) is 4.00. The average Bonchev–Trinajstić information content (AvgIpc) is 2.86. The van der Waals surface area contributed by atoms with E-state index >= 15 is 0 Å². The molecule has 0 aliphatic rings. The minimum Gasteiger partial charge on any atom is -0.354 e. The molecule has 2 heterocycles. The number of hydrogen-bond acceptors (Lipinski definition) is 2. The number of pyridine rings is 2. The SMILES string of the molecule is [NH3+]Cc1ccc(-c2nc3ccn(Cc4ccccc4)c(=O)c3cc2-c2ccccc2)cc1. The molecule has 4 heteroatoms. The van der Waals surface area contributed by atoms with Crippen LogP contribution in [-0.2, 0) is 13.1 Å². The summed E-state index contributed by atoms with van der Waals surface area (Å²) in [5, 5.41) is 0.625. The summed E-state index contributed by atoms with van der Waals surface area (Å²) in [6.45, 7) is 1.28. The molecule has 2 aromatic heterocycles. The molecule has 0 spiro atoms. The molecule has 156 valence electrons. The first kappa shape index (κ1) is 19.9. The maximum Gasteiger partial charge on any atom is 0.260 e. The van der Waals surface area contributed by atoms with E-state index in [0.717, 1.165) is 34.5 Å². The Hall–Kier alpha value is -4.02. The van der Waals surface area contributed by atoms with Crippen molar-refractivity contribution in [2.75, 3.05) is 0 Å². The predicted molar refractivity (Wildman–Crippen MR) is 129 cm³/mol. The first-order valence-corrected chi connectivity index (χ1v) is 10.7. The highest BCUT2D eigenvalue weighted by Gasteiger charge is 2.14. The monoisotopic (exact) mass is 418 g/mol. The molecule has 0 aliphatic heterocycles. The predicted octanol–water partition coefficient (Wildman–Crippen LogP) is 4.52. The number of benzene rings is 3. The van der Waals surface area contributed by atoms with Crippen molar-refractivity contribution in [2.45, 2.75) is 13.1 Å². The molecule has 0 aliphatic carbocycles. The van der Waals surface area contributed by atoms with Crippen LogP contribution in [0.1, 0.15) is 11.1 Å². The van der Waals surface area contributed by atoms with Crippen LogP contribution in [0.3, 0.4) is 0 Å². The number of quaternary nitrogens is 1. The van der Waals surface area contributed by atoms with Crippen molar-refractivity contribution >= 4 is 10.9 Å². The summed E-state index contributed by atoms with van der Waals surface area (Å²) in [5.41, 5.74) is 10.8. The lowest BCUT2D eigenvalue weighted by atomic mass is 9.97. The van der Waals surface area contributed by atoms with Gasteiger partial charge in [-0.25, -0.2) is 4.98 Å². The van der Waals surface area contributed by atoms with Crippen LogP contribution < -0.4 is 11.3 Å². The van der Waals surface area contributed by atoms with E-state index < -0.39 is 0 Å². The molecule has 5 rings (SSSR count). The highest BCUT2D eigenvalue weighted by molar-refractivity contribution is 5.91. The molecule has 3 aromatic carbocycles. The lowest BCUT2D eigenvalue weighted by molar-refractivity contribution is -0.386. The molecular formula is C28H24N3O+. The quantitative estimate of drug-likeness (QED) is 0.456. The Bertz CT molecular complexity index is 1420. The second kappa shape index (κ2) is 8.61. The number of hydrogen-bond donors (Lipinski definition) is 1. The van der Waals surface area contributed by atoms with Gasteiger partial charge in [-0.1, -0.05) is 84.9 Å². The minimum absolute atomic E-state index is 0.0324. The summed E-state index contributed by atoms with van der Waals surface area (Å²) in [6, 6.07) is 32.4. The Balaban J connectivity index is 1.70. The van der Waals surface area contributed by atoms with Gasteiger partial charge < -0.3 is 10.3 Å². The van der Waals surface area contributed by atoms with E-state index in [1.54, 1.807) is 4.57 Å². The fraction of sp³-hybridized carbons (Fsp3) is 0.0714. The summed E-state index contributed by atoms with van der Waals surface area (Å²) < 4.78 is 1.75. The first-order chi connectivity index (χ1) is 15.7. The van der Waals surface area contributed by atoms with Gasteiger partial charge in [0.2, 0.25) is 0 Å². The van der Waals surface area contributed by atoms with Crippen molar-refractivity contribution in [1.29, 1.82) is 0 Å². The molecule has 3 N–H and O–H groups in total. The molecule has 0 fully saturated rings. The van der Waals surface area contributed by atoms with Gasteiger partial charge in [-0.2, -0.15) is 0 Å². The lowest BCUT2D eigenvalue weighted by Gasteiger charge is -2.13. The van der Waals surface area contributed by atoms with Crippen LogP contribution in [0.2, 0.25) is 0 Å². The molecular weight excluding hydrogens is 394 g/mol. The Kier molecular flexibility index (Phi) is 5.36. The smallest absolute Gasteiger partial charge is 0.260 e. The van der Waals surface area contributed by atoms with E-state index in [-0.39, 0.29) is 5.56 Å². The van der Waals surface area contributed by atoms with E-state index in [1.165, 1.54) is 5.56 Å². The van der Waals surface area contributed by atoms with Gasteiger partial charge in [0.05, 0.1) is 29.7 Å². The molecule has 0 radical (unpaired) electrons. The highest BCUT2D eigenvalue weighted by atomic mass is 16.1. The van der Waals surface area contributed by atoms with Gasteiger partial charge in [-0.3, -0.25) is 4.79 Å². The molecule has 0 atom stereocenters. The van der Waals surface area contributed by atoms with Crippen LogP contribution in [0.25, 0.3) is 33.3 Å². The largest absolute Gasteiger partial charge is 0.354 e. The summed E-state index contributed by atoms with van der Waals surface area (Å²) in [6.07, 6.45) is 1.84. The number of rotatable bonds is 5. The Morgan fingerprint density at radius 2 is 1.44 bits per heavy atom. The first-order valence-electron chi connectivity index (χ1n) is 10.7. The van der Waals surface area contributed by atoms with Crippen molar-refractivity contribution in [3.8, 4) is 22.4 Å². The van der Waals surface area contributed by atoms with Crippen molar-refractivity contribution in [3.05, 3.63) is 125 Å². The van der Waals surface area contributed by atoms with Crippen LogP contribution in [0, 0.1) is 0 Å². The second-order valence-corrected chi connectivity index (χ2v) is 7.86. The van der Waals surface area contributed by atoms with E-state index in [0.29, 0.717) is 17.4 Å². The third-order valence-corrected chi connectivity index (χ3v) is 5.75. The van der Waals surface area contributed by atoms with Crippen molar-refractivity contribution in [3.63, 3.8) is 0 Å². The van der Waals surface area contributed by atoms with Crippen LogP contribution in [-0.4, -0.2) is 9.55 Å². The molecule has 0 saturated carbocycles. The second-order valence-electron chi connectivity index (χ2n) is 7.86. The zero-order valence-electron chi connectivity index (χ0n) is 17.7. The van der Waals surface area contributed by atoms with Gasteiger partial charge in [0.1, 0.15) is 0 Å². The Morgan fingerprint density at radius 1 is 0.750 bits per heavy atom. The minimum atomic E-state index is -0.0324. The van der Waals surface area contributed by atoms with Gasteiger partial charge in [-0.15, -0.1) is 0 Å². The molecule has 4 nitrogen and oxygen atoms in total. The van der Waals surface area contributed by atoms with Crippen molar-refractivity contribution in [1.82, 2.24) is 9.55 Å². The van der Waals surface area contributed by atoms with Crippen molar-refractivity contribution < 1.29 is 5.73 Å². The maximum atomic E-state index is 13.4. The normalized spacial score (nSPS) is 11.0. The lowest BCUT2D eigenvalue weighted by Crippen LogP contribution is -2.47. The zero-order chi connectivity index (χ0) is 21.9. The summed E-state index contributed by atoms with van der Waals surface area (Å²) in [7, 11) is 0. The zero-order valence-corrected chi connectivity index (χ0v) is 17.7. The van der Waals surface area contributed by atoms with E-state index in [1.807, 2.05) is 66.9 Å². The Morgan fingerprint density at radius 3 is 2.12 bits per heavy atom. The molecule has 5 aromatic rings. The highest BCUT2D eigenvalue weighted by Crippen LogP contribution is 2.32. The number of aromatic nitrogens is 2. The third kappa shape index (κ3) is 3.84. The summed E-state index contributed by atoms with van der Waals surface area (Å²) in [4.78, 5) is 18.3. The Labute approximate surface area is 186 Å². The van der Waals surface area contributed by atoms with Gasteiger partial charge in [0.25, 0.3) is 5.56 Å². The van der Waals surface area contributed by atoms with E-state index in [9.17, 15) is 4.79 Å². The van der Waals surface area contributed by atoms with Crippen LogP contribution >= 0.6 is 0 Å². The summed E-state index contributed by atoms with van der Waals surface area (Å²) >= 11 is 0. The van der Waals surface area contributed by atoms with Gasteiger partial charge in [0, 0.05) is 22.9 Å². The summed E-state index contributed by atoms with van der Waals surface area (Å²) in [5.74, 6) is 0. The standard InChI is InChI=1S/C28H23N3O/c29-18-20-11-13-23(14-12-20)27-24(22-9-5-2-6-10-22)17-25-26(30-27)15-16-31(28(25)32)19-21-7-3-1-4-8-21/h1-17H,18-19,29H2/p+1.